The number of nitrogens with one attached hydrogen (secondary N) is 2. The summed E-state index contributed by atoms with van der Waals surface area (Å²) in [7, 11) is 1.64. The molecule has 1 amide bonds. The standard InChI is InChI=1S/C13H11BrN4O3/c1-15-11-3-2-8(18(20)21)6-9(11)13(19)17-12-4-5-16-7-10(12)14/h2-7,15H,1H3,(H,16,17,19). The molecule has 7 nitrogen and oxygen atoms in total. The highest BCUT2D eigenvalue weighted by Gasteiger charge is 2.17. The second-order valence-corrected chi connectivity index (χ2v) is 4.90. The Labute approximate surface area is 128 Å². The normalized spacial score (nSPS) is 10.0. The minimum absolute atomic E-state index is 0.145. The zero-order valence-corrected chi connectivity index (χ0v) is 12.5. The fraction of sp³-hybridized carbons (Fsp3) is 0.0769. The molecule has 0 atom stereocenters. The quantitative estimate of drug-likeness (QED) is 0.652. The molecule has 108 valence electrons. The lowest BCUT2D eigenvalue weighted by atomic mass is 10.1. The molecule has 0 unspecified atom stereocenters. The number of hydrogen-bond donors (Lipinski definition) is 2. The molecule has 0 aliphatic heterocycles. The van der Waals surface area contributed by atoms with E-state index in [1.807, 2.05) is 0 Å². The van der Waals surface area contributed by atoms with Crippen LogP contribution in [0.5, 0.6) is 0 Å². The maximum Gasteiger partial charge on any atom is 0.270 e. The number of pyridine rings is 1. The third-order valence-electron chi connectivity index (χ3n) is 2.75. The molecule has 1 aromatic carbocycles. The van der Waals surface area contributed by atoms with E-state index in [-0.39, 0.29) is 11.3 Å². The van der Waals surface area contributed by atoms with Crippen molar-refractivity contribution < 1.29 is 9.72 Å². The predicted octanol–water partition coefficient (Wildman–Crippen LogP) is 3.05. The molecule has 0 fully saturated rings. The molecule has 8 heteroatoms. The largest absolute Gasteiger partial charge is 0.387 e. The zero-order valence-electron chi connectivity index (χ0n) is 11.0. The summed E-state index contributed by atoms with van der Waals surface area (Å²) in [6.07, 6.45) is 3.08. The molecule has 2 rings (SSSR count). The maximum absolute atomic E-state index is 12.3. The van der Waals surface area contributed by atoms with Gasteiger partial charge in [0.1, 0.15) is 0 Å². The number of carbonyl (C=O) groups excluding carboxylic acids is 1. The number of aromatic nitrogens is 1. The van der Waals surface area contributed by atoms with Gasteiger partial charge in [-0.1, -0.05) is 0 Å². The second-order valence-electron chi connectivity index (χ2n) is 4.05. The first-order chi connectivity index (χ1) is 10.0. The van der Waals surface area contributed by atoms with Crippen LogP contribution in [-0.2, 0) is 0 Å². The summed E-state index contributed by atoms with van der Waals surface area (Å²) in [5.41, 5.74) is 1.08. The number of benzene rings is 1. The Bertz CT molecular complexity index is 706. The van der Waals surface area contributed by atoms with E-state index in [1.54, 1.807) is 19.3 Å². The fourth-order valence-electron chi connectivity index (χ4n) is 1.72. The van der Waals surface area contributed by atoms with Gasteiger partial charge in [-0.2, -0.15) is 0 Å². The van der Waals surface area contributed by atoms with Crippen molar-refractivity contribution >= 4 is 38.9 Å². The molecule has 0 aliphatic carbocycles. The van der Waals surface area contributed by atoms with Crippen LogP contribution in [-0.4, -0.2) is 22.9 Å². The van der Waals surface area contributed by atoms with Crippen LogP contribution in [0, 0.1) is 10.1 Å². The van der Waals surface area contributed by atoms with Crippen molar-refractivity contribution in [3.05, 3.63) is 56.8 Å². The molecule has 2 aromatic rings. The van der Waals surface area contributed by atoms with Crippen molar-refractivity contribution in [1.29, 1.82) is 0 Å². The Morgan fingerprint density at radius 3 is 2.71 bits per heavy atom. The molecular formula is C13H11BrN4O3. The highest BCUT2D eigenvalue weighted by Crippen LogP contribution is 2.25. The summed E-state index contributed by atoms with van der Waals surface area (Å²) in [6.45, 7) is 0. The van der Waals surface area contributed by atoms with E-state index in [1.165, 1.54) is 24.4 Å². The van der Waals surface area contributed by atoms with Gasteiger partial charge in [-0.05, 0) is 28.1 Å². The summed E-state index contributed by atoms with van der Waals surface area (Å²) in [4.78, 5) is 26.5. The van der Waals surface area contributed by atoms with Crippen LogP contribution >= 0.6 is 15.9 Å². The van der Waals surface area contributed by atoms with Gasteiger partial charge < -0.3 is 10.6 Å². The zero-order chi connectivity index (χ0) is 15.4. The van der Waals surface area contributed by atoms with Gasteiger partial charge in [-0.15, -0.1) is 0 Å². The number of nitrogens with zero attached hydrogens (tertiary/aromatic N) is 2. The van der Waals surface area contributed by atoms with E-state index in [4.69, 9.17) is 0 Å². The van der Waals surface area contributed by atoms with E-state index in [2.05, 4.69) is 31.5 Å². The lowest BCUT2D eigenvalue weighted by Crippen LogP contribution is -2.14. The van der Waals surface area contributed by atoms with Gasteiger partial charge in [0.2, 0.25) is 0 Å². The van der Waals surface area contributed by atoms with E-state index in [9.17, 15) is 14.9 Å². The first-order valence-corrected chi connectivity index (χ1v) is 6.69. The molecule has 0 bridgehead atoms. The molecule has 21 heavy (non-hydrogen) atoms. The van der Waals surface area contributed by atoms with Crippen LogP contribution in [0.25, 0.3) is 0 Å². The lowest BCUT2D eigenvalue weighted by Gasteiger charge is -2.10. The molecule has 0 aliphatic rings. The van der Waals surface area contributed by atoms with Gasteiger partial charge >= 0.3 is 0 Å². The molecule has 0 saturated heterocycles. The molecule has 2 N–H and O–H groups in total. The molecule has 0 saturated carbocycles. The first kappa shape index (κ1) is 14.9. The van der Waals surface area contributed by atoms with Crippen molar-refractivity contribution in [2.75, 3.05) is 17.7 Å². The Morgan fingerprint density at radius 2 is 2.10 bits per heavy atom. The van der Waals surface area contributed by atoms with Gasteiger partial charge in [0.25, 0.3) is 11.6 Å². The van der Waals surface area contributed by atoms with Crippen molar-refractivity contribution in [2.45, 2.75) is 0 Å². The van der Waals surface area contributed by atoms with Gasteiger partial charge in [0, 0.05) is 37.3 Å². The third kappa shape index (κ3) is 3.34. The van der Waals surface area contributed by atoms with E-state index in [0.717, 1.165) is 0 Å². The number of anilines is 2. The molecular weight excluding hydrogens is 340 g/mol. The monoisotopic (exact) mass is 350 g/mol. The summed E-state index contributed by atoms with van der Waals surface area (Å²) >= 11 is 3.27. The van der Waals surface area contributed by atoms with Crippen LogP contribution in [0.1, 0.15) is 10.4 Å². The van der Waals surface area contributed by atoms with Crippen molar-refractivity contribution in [2.24, 2.45) is 0 Å². The number of amides is 1. The smallest absolute Gasteiger partial charge is 0.270 e. The second kappa shape index (κ2) is 6.31. The Kier molecular flexibility index (Phi) is 4.49. The summed E-state index contributed by atoms with van der Waals surface area (Å²) in [5, 5.41) is 16.3. The summed E-state index contributed by atoms with van der Waals surface area (Å²) in [6, 6.07) is 5.69. The maximum atomic E-state index is 12.3. The van der Waals surface area contributed by atoms with Gasteiger partial charge in [-0.3, -0.25) is 19.9 Å². The first-order valence-electron chi connectivity index (χ1n) is 5.90. The number of non-ortho nitro benzene ring substituents is 1. The van der Waals surface area contributed by atoms with Crippen LogP contribution in [0.15, 0.2) is 41.1 Å². The van der Waals surface area contributed by atoms with Crippen molar-refractivity contribution in [3.63, 3.8) is 0 Å². The predicted molar refractivity (Wildman–Crippen MR) is 82.5 cm³/mol. The Balaban J connectivity index is 2.36. The number of hydrogen-bond acceptors (Lipinski definition) is 5. The average molecular weight is 351 g/mol. The van der Waals surface area contributed by atoms with Gasteiger partial charge in [0.15, 0.2) is 0 Å². The van der Waals surface area contributed by atoms with Crippen molar-refractivity contribution in [3.8, 4) is 0 Å². The molecule has 0 radical (unpaired) electrons. The fourth-order valence-corrected chi connectivity index (χ4v) is 2.07. The minimum Gasteiger partial charge on any atom is -0.387 e. The van der Waals surface area contributed by atoms with Crippen LogP contribution in [0.3, 0.4) is 0 Å². The number of rotatable bonds is 4. The van der Waals surface area contributed by atoms with Crippen molar-refractivity contribution in [1.82, 2.24) is 4.98 Å². The summed E-state index contributed by atoms with van der Waals surface area (Å²) < 4.78 is 0.620. The molecule has 0 spiro atoms. The number of nitro benzene ring substituents is 1. The van der Waals surface area contributed by atoms with E-state index in [0.29, 0.717) is 15.8 Å². The average Bonchev–Trinajstić information content (AvgIpc) is 2.48. The van der Waals surface area contributed by atoms with Crippen LogP contribution < -0.4 is 10.6 Å². The SMILES string of the molecule is CNc1ccc([N+](=O)[O-])cc1C(=O)Nc1ccncc1Br. The van der Waals surface area contributed by atoms with E-state index >= 15 is 0 Å². The number of halogens is 1. The van der Waals surface area contributed by atoms with Gasteiger partial charge in [-0.25, -0.2) is 0 Å². The van der Waals surface area contributed by atoms with Crippen LogP contribution in [0.2, 0.25) is 0 Å². The topological polar surface area (TPSA) is 97.2 Å². The Morgan fingerprint density at radius 1 is 1.33 bits per heavy atom. The van der Waals surface area contributed by atoms with Gasteiger partial charge in [0.05, 0.1) is 20.6 Å². The minimum atomic E-state index is -0.543. The lowest BCUT2D eigenvalue weighted by molar-refractivity contribution is -0.384. The number of carbonyl (C=O) groups is 1. The highest BCUT2D eigenvalue weighted by atomic mass is 79.9. The third-order valence-corrected chi connectivity index (χ3v) is 3.38. The molecule has 1 heterocycles. The number of nitro groups is 1. The Hall–Kier alpha value is -2.48. The van der Waals surface area contributed by atoms with E-state index < -0.39 is 10.8 Å². The highest BCUT2D eigenvalue weighted by molar-refractivity contribution is 9.10. The molecule has 1 aromatic heterocycles. The van der Waals surface area contributed by atoms with Crippen LogP contribution in [0.4, 0.5) is 17.1 Å². The summed E-state index contributed by atoms with van der Waals surface area (Å²) in [5.74, 6) is -0.449.